The van der Waals surface area contributed by atoms with Gasteiger partial charge in [0.05, 0.1) is 25.3 Å². The standard InChI is InChI=1S/2C9H8BrNO.C8H6BrN/c10-8-2-1-6-5-11-9(12)4-7(6)3-8;10-8-3-1-2-6-4-9(12)11-5-7(6)8;9-8-3-1-2-7(6-8)4-5-10/h2*1-3H,4-5H2,(H,11,12);1-3,6H,4H2. The maximum atomic E-state index is 11.0. The van der Waals surface area contributed by atoms with Crippen LogP contribution in [0.15, 0.2) is 74.1 Å². The van der Waals surface area contributed by atoms with Crippen LogP contribution < -0.4 is 10.6 Å². The van der Waals surface area contributed by atoms with E-state index in [9.17, 15) is 9.59 Å². The molecule has 0 saturated heterocycles. The van der Waals surface area contributed by atoms with Gasteiger partial charge in [-0.25, -0.2) is 0 Å². The molecule has 2 aliphatic rings. The molecular formula is C26H22Br3N3O2. The molecule has 2 amide bonds. The normalized spacial score (nSPS) is 13.4. The molecule has 0 fully saturated rings. The van der Waals surface area contributed by atoms with E-state index in [1.54, 1.807) is 0 Å². The van der Waals surface area contributed by atoms with Crippen molar-refractivity contribution in [2.75, 3.05) is 0 Å². The van der Waals surface area contributed by atoms with Crippen LogP contribution in [-0.2, 0) is 41.9 Å². The van der Waals surface area contributed by atoms with Crippen molar-refractivity contribution in [1.29, 1.82) is 5.26 Å². The largest absolute Gasteiger partial charge is 0.352 e. The summed E-state index contributed by atoms with van der Waals surface area (Å²) < 4.78 is 3.15. The van der Waals surface area contributed by atoms with Gasteiger partial charge in [0.1, 0.15) is 0 Å². The molecule has 0 bridgehead atoms. The fourth-order valence-corrected chi connectivity index (χ4v) is 4.89. The van der Waals surface area contributed by atoms with Crippen molar-refractivity contribution >= 4 is 59.6 Å². The van der Waals surface area contributed by atoms with E-state index in [1.807, 2.05) is 60.7 Å². The zero-order valence-corrected chi connectivity index (χ0v) is 23.0. The third-order valence-electron chi connectivity index (χ3n) is 5.20. The van der Waals surface area contributed by atoms with E-state index in [2.05, 4.69) is 64.5 Å². The topological polar surface area (TPSA) is 82.0 Å². The molecule has 0 spiro atoms. The van der Waals surface area contributed by atoms with Crippen LogP contribution in [0.2, 0.25) is 0 Å². The number of nitrogens with one attached hydrogen (secondary N) is 2. The molecule has 3 aromatic rings. The number of benzene rings is 3. The smallest absolute Gasteiger partial charge is 0.224 e. The van der Waals surface area contributed by atoms with E-state index in [4.69, 9.17) is 5.26 Å². The quantitative estimate of drug-likeness (QED) is 0.353. The molecule has 174 valence electrons. The lowest BCUT2D eigenvalue weighted by Crippen LogP contribution is -2.30. The van der Waals surface area contributed by atoms with Crippen LogP contribution in [0, 0.1) is 11.3 Å². The molecule has 5 nitrogen and oxygen atoms in total. The minimum absolute atomic E-state index is 0.112. The van der Waals surface area contributed by atoms with Crippen molar-refractivity contribution in [3.05, 3.63) is 102 Å². The maximum absolute atomic E-state index is 11.0. The number of amides is 2. The minimum atomic E-state index is 0.112. The fourth-order valence-electron chi connectivity index (χ4n) is 3.49. The number of carbonyl (C=O) groups excluding carboxylic acids is 2. The predicted octanol–water partition coefficient (Wildman–Crippen LogP) is 5.76. The minimum Gasteiger partial charge on any atom is -0.352 e. The van der Waals surface area contributed by atoms with Gasteiger partial charge in [-0.1, -0.05) is 78.1 Å². The Morgan fingerprint density at radius 2 is 1.44 bits per heavy atom. The zero-order chi connectivity index (χ0) is 24.5. The fraction of sp³-hybridized carbons (Fsp3) is 0.192. The highest BCUT2D eigenvalue weighted by atomic mass is 79.9. The number of hydrogen-bond donors (Lipinski definition) is 2. The van der Waals surface area contributed by atoms with Crippen LogP contribution in [-0.4, -0.2) is 11.8 Å². The first-order valence-corrected chi connectivity index (χ1v) is 12.9. The Hall–Kier alpha value is -2.47. The van der Waals surface area contributed by atoms with Crippen LogP contribution >= 0.6 is 47.8 Å². The van der Waals surface area contributed by atoms with Gasteiger partial charge in [0.15, 0.2) is 0 Å². The lowest BCUT2D eigenvalue weighted by atomic mass is 10.0. The van der Waals surface area contributed by atoms with Crippen molar-refractivity contribution in [3.63, 3.8) is 0 Å². The van der Waals surface area contributed by atoms with Crippen LogP contribution in [0.25, 0.3) is 0 Å². The number of carbonyl (C=O) groups is 2. The molecule has 34 heavy (non-hydrogen) atoms. The van der Waals surface area contributed by atoms with Gasteiger partial charge < -0.3 is 10.6 Å². The average Bonchev–Trinajstić information content (AvgIpc) is 2.80. The summed E-state index contributed by atoms with van der Waals surface area (Å²) in [5.41, 5.74) is 5.74. The lowest BCUT2D eigenvalue weighted by molar-refractivity contribution is -0.121. The third-order valence-corrected chi connectivity index (χ3v) is 6.93. The highest BCUT2D eigenvalue weighted by molar-refractivity contribution is 9.11. The third kappa shape index (κ3) is 7.79. The van der Waals surface area contributed by atoms with Gasteiger partial charge in [-0.3, -0.25) is 9.59 Å². The van der Waals surface area contributed by atoms with Crippen LogP contribution in [0.5, 0.6) is 0 Å². The number of fused-ring (bicyclic) bond motifs is 2. The van der Waals surface area contributed by atoms with Crippen LogP contribution in [0.1, 0.15) is 27.8 Å². The second-order valence-electron chi connectivity index (χ2n) is 7.66. The molecule has 0 aromatic heterocycles. The predicted molar refractivity (Wildman–Crippen MR) is 143 cm³/mol. The highest BCUT2D eigenvalue weighted by Gasteiger charge is 2.16. The molecule has 2 N–H and O–H groups in total. The van der Waals surface area contributed by atoms with Gasteiger partial charge in [0.25, 0.3) is 0 Å². The summed E-state index contributed by atoms with van der Waals surface area (Å²) in [5.74, 6) is 0.223. The van der Waals surface area contributed by atoms with E-state index in [0.29, 0.717) is 32.4 Å². The Bertz CT molecular complexity index is 1230. The molecule has 0 saturated carbocycles. The van der Waals surface area contributed by atoms with Gasteiger partial charge in [0.2, 0.25) is 11.8 Å². The summed E-state index contributed by atoms with van der Waals surface area (Å²) in [6.07, 6.45) is 1.50. The molecule has 3 aromatic carbocycles. The molecule has 0 atom stereocenters. The molecule has 5 rings (SSSR count). The van der Waals surface area contributed by atoms with Crippen molar-refractivity contribution in [2.45, 2.75) is 32.4 Å². The van der Waals surface area contributed by atoms with Crippen molar-refractivity contribution in [2.24, 2.45) is 0 Å². The first-order chi connectivity index (χ1) is 16.4. The number of nitriles is 1. The Balaban J connectivity index is 0.000000144. The van der Waals surface area contributed by atoms with Crippen molar-refractivity contribution in [1.82, 2.24) is 10.6 Å². The van der Waals surface area contributed by atoms with Gasteiger partial charge >= 0.3 is 0 Å². The second-order valence-corrected chi connectivity index (χ2v) is 10.3. The molecule has 0 radical (unpaired) electrons. The van der Waals surface area contributed by atoms with E-state index < -0.39 is 0 Å². The summed E-state index contributed by atoms with van der Waals surface area (Å²) >= 11 is 10.2. The van der Waals surface area contributed by atoms with E-state index in [-0.39, 0.29) is 11.8 Å². The Kier molecular flexibility index (Phi) is 9.87. The Labute approximate surface area is 224 Å². The van der Waals surface area contributed by atoms with Gasteiger partial charge in [-0.2, -0.15) is 5.26 Å². The van der Waals surface area contributed by atoms with E-state index >= 15 is 0 Å². The zero-order valence-electron chi connectivity index (χ0n) is 18.2. The summed E-state index contributed by atoms with van der Waals surface area (Å²) in [7, 11) is 0. The number of nitrogens with zero attached hydrogens (tertiary/aromatic N) is 1. The SMILES string of the molecule is N#CCc1cccc(Br)c1.O=C1Cc2cc(Br)ccc2CN1.O=C1Cc2cccc(Br)c2CN1. The van der Waals surface area contributed by atoms with Gasteiger partial charge in [-0.15, -0.1) is 0 Å². The average molecular weight is 648 g/mol. The highest BCUT2D eigenvalue weighted by Crippen LogP contribution is 2.23. The summed E-state index contributed by atoms with van der Waals surface area (Å²) in [6, 6.07) is 21.8. The molecule has 2 heterocycles. The Morgan fingerprint density at radius 3 is 2.18 bits per heavy atom. The first kappa shape index (κ1) is 26.1. The summed E-state index contributed by atoms with van der Waals surface area (Å²) in [5, 5.41) is 14.0. The number of halogens is 3. The molecular weight excluding hydrogens is 626 g/mol. The van der Waals surface area contributed by atoms with Crippen molar-refractivity contribution < 1.29 is 9.59 Å². The van der Waals surface area contributed by atoms with E-state index in [0.717, 1.165) is 30.1 Å². The molecule has 0 aliphatic carbocycles. The number of rotatable bonds is 1. The first-order valence-electron chi connectivity index (χ1n) is 10.5. The summed E-state index contributed by atoms with van der Waals surface area (Å²) in [4.78, 5) is 22.0. The molecule has 0 unspecified atom stereocenters. The monoisotopic (exact) mass is 645 g/mol. The van der Waals surface area contributed by atoms with Crippen LogP contribution in [0.4, 0.5) is 0 Å². The summed E-state index contributed by atoms with van der Waals surface area (Å²) in [6.45, 7) is 1.32. The maximum Gasteiger partial charge on any atom is 0.224 e. The van der Waals surface area contributed by atoms with Crippen molar-refractivity contribution in [3.8, 4) is 6.07 Å². The second kappa shape index (κ2) is 12.8. The molecule has 2 aliphatic heterocycles. The van der Waals surface area contributed by atoms with E-state index in [1.165, 1.54) is 11.1 Å². The lowest BCUT2D eigenvalue weighted by Gasteiger charge is -2.17. The Morgan fingerprint density at radius 1 is 0.765 bits per heavy atom. The van der Waals surface area contributed by atoms with Gasteiger partial charge in [-0.05, 0) is 58.1 Å². The number of hydrogen-bond acceptors (Lipinski definition) is 3. The van der Waals surface area contributed by atoms with Gasteiger partial charge in [0, 0.05) is 26.5 Å². The molecule has 8 heteroatoms. The van der Waals surface area contributed by atoms with Crippen LogP contribution in [0.3, 0.4) is 0 Å².